The van der Waals surface area contributed by atoms with Crippen molar-refractivity contribution in [2.75, 3.05) is 13.7 Å². The van der Waals surface area contributed by atoms with Gasteiger partial charge in [0.15, 0.2) is 11.5 Å². The van der Waals surface area contributed by atoms with Crippen LogP contribution in [0.4, 0.5) is 4.79 Å². The van der Waals surface area contributed by atoms with Crippen LogP contribution < -0.4 is 9.47 Å². The van der Waals surface area contributed by atoms with Gasteiger partial charge in [-0.2, -0.15) is 0 Å². The Labute approximate surface area is 182 Å². The van der Waals surface area contributed by atoms with E-state index in [0.717, 1.165) is 11.8 Å². The molecule has 0 atom stereocenters. The highest BCUT2D eigenvalue weighted by atomic mass is 35.5. The van der Waals surface area contributed by atoms with Crippen molar-refractivity contribution in [3.05, 3.63) is 75.1 Å². The monoisotopic (exact) mass is 449 g/mol. The molecule has 0 spiro atoms. The lowest BCUT2D eigenvalue weighted by atomic mass is 10.1. The molecule has 150 valence electrons. The number of carbonyl (C=O) groups excluding carboxylic acids is 2. The molecule has 0 saturated carbocycles. The third-order valence-corrected chi connectivity index (χ3v) is 5.69. The van der Waals surface area contributed by atoms with E-state index in [0.29, 0.717) is 44.2 Å². The molecule has 1 aliphatic rings. The maximum absolute atomic E-state index is 12.7. The molecule has 0 radical (unpaired) electrons. The summed E-state index contributed by atoms with van der Waals surface area (Å²) in [5, 5.41) is 0.446. The number of imide groups is 1. The van der Waals surface area contributed by atoms with Crippen LogP contribution in [0.2, 0.25) is 10.0 Å². The highest BCUT2D eigenvalue weighted by Crippen LogP contribution is 2.35. The van der Waals surface area contributed by atoms with Crippen molar-refractivity contribution in [3.63, 3.8) is 0 Å². The molecule has 0 aliphatic carbocycles. The Balaban J connectivity index is 1.80. The molecule has 2 amide bonds. The van der Waals surface area contributed by atoms with Gasteiger partial charge >= 0.3 is 0 Å². The van der Waals surface area contributed by atoms with E-state index in [1.165, 1.54) is 12.0 Å². The van der Waals surface area contributed by atoms with Crippen LogP contribution >= 0.6 is 35.0 Å². The van der Waals surface area contributed by atoms with Gasteiger partial charge in [0.25, 0.3) is 11.1 Å². The molecule has 1 heterocycles. The van der Waals surface area contributed by atoms with Gasteiger partial charge in [-0.1, -0.05) is 48.0 Å². The number of carbonyl (C=O) groups is 2. The first-order valence-corrected chi connectivity index (χ1v) is 10.1. The Morgan fingerprint density at radius 3 is 2.59 bits per heavy atom. The van der Waals surface area contributed by atoms with Crippen LogP contribution in [0.25, 0.3) is 6.08 Å². The van der Waals surface area contributed by atoms with Crippen LogP contribution in [-0.2, 0) is 11.3 Å². The van der Waals surface area contributed by atoms with E-state index < -0.39 is 0 Å². The summed E-state index contributed by atoms with van der Waals surface area (Å²) in [5.74, 6) is 0.727. The molecule has 5 nitrogen and oxygen atoms in total. The lowest BCUT2D eigenvalue weighted by Gasteiger charge is -2.13. The zero-order chi connectivity index (χ0) is 21.0. The van der Waals surface area contributed by atoms with Crippen LogP contribution in [0.3, 0.4) is 0 Å². The van der Waals surface area contributed by atoms with Gasteiger partial charge in [-0.05, 0) is 53.2 Å². The average Bonchev–Trinajstić information content (AvgIpc) is 2.97. The van der Waals surface area contributed by atoms with Crippen molar-refractivity contribution in [2.24, 2.45) is 0 Å². The van der Waals surface area contributed by atoms with Crippen LogP contribution in [0.1, 0.15) is 11.1 Å². The third kappa shape index (κ3) is 4.96. The maximum Gasteiger partial charge on any atom is 0.293 e. The van der Waals surface area contributed by atoms with E-state index in [-0.39, 0.29) is 17.7 Å². The first kappa shape index (κ1) is 21.3. The Hall–Kier alpha value is -2.41. The van der Waals surface area contributed by atoms with E-state index in [2.05, 4.69) is 6.58 Å². The van der Waals surface area contributed by atoms with Gasteiger partial charge in [0, 0.05) is 0 Å². The second-order valence-corrected chi connectivity index (χ2v) is 7.83. The molecule has 3 rings (SSSR count). The number of hydrogen-bond acceptors (Lipinski definition) is 5. The zero-order valence-electron chi connectivity index (χ0n) is 15.5. The number of halogens is 2. The van der Waals surface area contributed by atoms with Gasteiger partial charge < -0.3 is 9.47 Å². The highest BCUT2D eigenvalue weighted by molar-refractivity contribution is 8.18. The predicted molar refractivity (Wildman–Crippen MR) is 117 cm³/mol. The average molecular weight is 450 g/mol. The molecular formula is C21H17Cl2NO4S. The summed E-state index contributed by atoms with van der Waals surface area (Å²) < 4.78 is 10.9. The van der Waals surface area contributed by atoms with Crippen molar-refractivity contribution < 1.29 is 19.1 Å². The van der Waals surface area contributed by atoms with Gasteiger partial charge in [0.1, 0.15) is 6.61 Å². The number of hydrogen-bond donors (Lipinski definition) is 0. The third-order valence-electron chi connectivity index (χ3n) is 4.04. The van der Waals surface area contributed by atoms with Crippen molar-refractivity contribution in [3.8, 4) is 11.5 Å². The van der Waals surface area contributed by atoms with Crippen molar-refractivity contribution in [1.29, 1.82) is 0 Å². The number of amides is 2. The Kier molecular flexibility index (Phi) is 6.90. The van der Waals surface area contributed by atoms with E-state index in [9.17, 15) is 9.59 Å². The summed E-state index contributed by atoms with van der Waals surface area (Å²) in [6.07, 6.45) is 3.29. The predicted octanol–water partition coefficient (Wildman–Crippen LogP) is 5.80. The fraction of sp³-hybridized carbons (Fsp3) is 0.143. The molecule has 1 fully saturated rings. The Morgan fingerprint density at radius 2 is 1.90 bits per heavy atom. The molecule has 1 aliphatic heterocycles. The second-order valence-electron chi connectivity index (χ2n) is 6.03. The summed E-state index contributed by atoms with van der Waals surface area (Å²) in [6.45, 7) is 4.08. The standard InChI is InChI=1S/C21H17Cl2NO4S/c1-3-8-28-17-7-5-13(10-18(17)27-2)11-19-20(25)24(21(26)29-19)12-14-4-6-15(22)16(23)9-14/h3-7,9-11H,1,8,12H2,2H3/b19-11+. The molecule has 0 bridgehead atoms. The van der Waals surface area contributed by atoms with Crippen molar-refractivity contribution >= 4 is 52.2 Å². The first-order chi connectivity index (χ1) is 13.9. The van der Waals surface area contributed by atoms with Crippen LogP contribution in [0.15, 0.2) is 54.0 Å². The van der Waals surface area contributed by atoms with Gasteiger partial charge in [0.05, 0.1) is 28.6 Å². The molecule has 2 aromatic rings. The summed E-state index contributed by atoms with van der Waals surface area (Å²) in [7, 11) is 1.53. The minimum absolute atomic E-state index is 0.122. The fourth-order valence-electron chi connectivity index (χ4n) is 2.65. The summed E-state index contributed by atoms with van der Waals surface area (Å²) in [6, 6.07) is 10.3. The molecule has 0 aromatic heterocycles. The normalized spacial score (nSPS) is 15.1. The van der Waals surface area contributed by atoms with Crippen molar-refractivity contribution in [1.82, 2.24) is 4.90 Å². The second kappa shape index (κ2) is 9.39. The number of ether oxygens (including phenoxy) is 2. The molecular weight excluding hydrogens is 433 g/mol. The number of nitrogens with zero attached hydrogens (tertiary/aromatic N) is 1. The summed E-state index contributed by atoms with van der Waals surface area (Å²) in [5.41, 5.74) is 1.43. The van der Waals surface area contributed by atoms with Crippen LogP contribution in [-0.4, -0.2) is 29.8 Å². The zero-order valence-corrected chi connectivity index (χ0v) is 17.8. The van der Waals surface area contributed by atoms with Crippen LogP contribution in [0, 0.1) is 0 Å². The lowest BCUT2D eigenvalue weighted by molar-refractivity contribution is -0.123. The topological polar surface area (TPSA) is 55.8 Å². The molecule has 1 saturated heterocycles. The molecule has 29 heavy (non-hydrogen) atoms. The van der Waals surface area contributed by atoms with Crippen molar-refractivity contribution in [2.45, 2.75) is 6.54 Å². The Bertz CT molecular complexity index is 1010. The van der Waals surface area contributed by atoms with Gasteiger partial charge in [-0.25, -0.2) is 0 Å². The number of benzene rings is 2. The highest BCUT2D eigenvalue weighted by Gasteiger charge is 2.35. The number of rotatable bonds is 7. The molecule has 0 N–H and O–H groups in total. The first-order valence-electron chi connectivity index (χ1n) is 8.54. The number of thioether (sulfide) groups is 1. The smallest absolute Gasteiger partial charge is 0.293 e. The van der Waals surface area contributed by atoms with E-state index >= 15 is 0 Å². The summed E-state index contributed by atoms with van der Waals surface area (Å²) >= 11 is 12.8. The van der Waals surface area contributed by atoms with E-state index in [1.807, 2.05) is 0 Å². The maximum atomic E-state index is 12.7. The van der Waals surface area contributed by atoms with E-state index in [4.69, 9.17) is 32.7 Å². The minimum Gasteiger partial charge on any atom is -0.493 e. The molecule has 0 unspecified atom stereocenters. The van der Waals surface area contributed by atoms with E-state index in [1.54, 1.807) is 48.6 Å². The van der Waals surface area contributed by atoms with Gasteiger partial charge in [0.2, 0.25) is 0 Å². The lowest BCUT2D eigenvalue weighted by Crippen LogP contribution is -2.27. The Morgan fingerprint density at radius 1 is 1.10 bits per heavy atom. The minimum atomic E-state index is -0.364. The largest absolute Gasteiger partial charge is 0.493 e. The quantitative estimate of drug-likeness (QED) is 0.394. The van der Waals surface area contributed by atoms with Gasteiger partial charge in [-0.3, -0.25) is 14.5 Å². The molecule has 2 aromatic carbocycles. The SMILES string of the molecule is C=CCOc1ccc(/C=C2/SC(=O)N(Cc3ccc(Cl)c(Cl)c3)C2=O)cc1OC. The molecule has 8 heteroatoms. The number of methoxy groups -OCH3 is 1. The summed E-state index contributed by atoms with van der Waals surface area (Å²) in [4.78, 5) is 26.6. The fourth-order valence-corrected chi connectivity index (χ4v) is 3.81. The van der Waals surface area contributed by atoms with Gasteiger partial charge in [-0.15, -0.1) is 0 Å². The van der Waals surface area contributed by atoms with Crippen LogP contribution in [0.5, 0.6) is 11.5 Å².